The number of pyridine rings is 1. The number of rotatable bonds is 3. The summed E-state index contributed by atoms with van der Waals surface area (Å²) in [7, 11) is -10.2. The number of nitrogens with zero attached hydrogens (tertiary/aromatic N) is 7. The van der Waals surface area contributed by atoms with Gasteiger partial charge in [0.1, 0.15) is 7.05 Å². The average molecular weight is 884 g/mol. The Morgan fingerprint density at radius 1 is 0.717 bits per heavy atom. The molecule has 0 N–H and O–H groups in total. The van der Waals surface area contributed by atoms with Crippen LogP contribution in [0.25, 0.3) is 10.8 Å². The summed E-state index contributed by atoms with van der Waals surface area (Å²) in [4.78, 5) is 4.69. The van der Waals surface area contributed by atoms with Gasteiger partial charge in [0.25, 0.3) is 0 Å². The maximum Gasteiger partial charge on any atom is 2.00 e. The van der Waals surface area contributed by atoms with E-state index in [1.165, 1.54) is 51.0 Å². The molecular weight excluding hydrogens is 851 g/mol. The zero-order valence-electron chi connectivity index (χ0n) is 28.9. The SMILES string of the molecule is CC#N.CC#N.CC#N.CC#N.CC#N.C[C@@H](N=Cc1[c-][n+](C)ccc1)c1cccc2ccccc12.O=S(=O)([O-])C(F)(F)F.O=S(=O)([O-])C(F)(F)F.[Pd+2]. The predicted molar refractivity (Wildman–Crippen MR) is 174 cm³/mol. The summed E-state index contributed by atoms with van der Waals surface area (Å²) in [5, 5.41) is 39.1. The molecule has 13 nitrogen and oxygen atoms in total. The van der Waals surface area contributed by atoms with Crippen LogP contribution in [0.5, 0.6) is 0 Å². The van der Waals surface area contributed by atoms with Crippen LogP contribution < -0.4 is 4.57 Å². The number of fused-ring (bicyclic) bond motifs is 1. The van der Waals surface area contributed by atoms with Gasteiger partial charge in [-0.1, -0.05) is 54.1 Å². The van der Waals surface area contributed by atoms with Crippen LogP contribution in [0.3, 0.4) is 0 Å². The van der Waals surface area contributed by atoms with Gasteiger partial charge in [0.05, 0.1) is 42.6 Å². The van der Waals surface area contributed by atoms with E-state index in [9.17, 15) is 26.3 Å². The second kappa shape index (κ2) is 32.9. The molecule has 3 aromatic rings. The molecule has 0 aliphatic rings. The van der Waals surface area contributed by atoms with Gasteiger partial charge in [0.15, 0.2) is 26.4 Å². The van der Waals surface area contributed by atoms with Crippen molar-refractivity contribution in [3.63, 3.8) is 0 Å². The molecule has 1 heterocycles. The average Bonchev–Trinajstić information content (AvgIpc) is 3.00. The third kappa shape index (κ3) is 33.9. The minimum atomic E-state index is -6.09. The number of benzene rings is 2. The molecule has 3 rings (SSSR count). The molecule has 22 heteroatoms. The molecule has 292 valence electrons. The summed E-state index contributed by atoms with van der Waals surface area (Å²) >= 11 is 0. The summed E-state index contributed by atoms with van der Waals surface area (Å²) in [6, 6.07) is 27.7. The molecule has 0 fully saturated rings. The molecule has 2 aromatic carbocycles. The van der Waals surface area contributed by atoms with Gasteiger partial charge in [-0.25, -0.2) is 16.8 Å². The van der Waals surface area contributed by atoms with E-state index in [1.54, 1.807) is 30.3 Å². The van der Waals surface area contributed by atoms with Crippen molar-refractivity contribution >= 4 is 37.2 Å². The molecule has 0 unspecified atom stereocenters. The van der Waals surface area contributed by atoms with Gasteiger partial charge in [-0.05, 0) is 29.5 Å². The van der Waals surface area contributed by atoms with E-state index < -0.39 is 31.3 Å². The maximum atomic E-state index is 10.7. The zero-order chi connectivity index (χ0) is 42.2. The summed E-state index contributed by atoms with van der Waals surface area (Å²) < 4.78 is 120. The monoisotopic (exact) mass is 883 g/mol. The number of aliphatic imine (C=N–C) groups is 1. The van der Waals surface area contributed by atoms with Crippen LogP contribution in [0.1, 0.15) is 58.7 Å². The molecule has 0 saturated heterocycles. The number of hydrogen-bond acceptors (Lipinski definition) is 12. The zero-order valence-corrected chi connectivity index (χ0v) is 32.1. The summed E-state index contributed by atoms with van der Waals surface area (Å²) in [6.45, 7) is 9.28. The molecule has 0 aliphatic heterocycles. The van der Waals surface area contributed by atoms with Crippen LogP contribution in [0.15, 0.2) is 65.8 Å². The van der Waals surface area contributed by atoms with Gasteiger partial charge in [-0.3, -0.25) is 4.57 Å². The summed E-state index contributed by atoms with van der Waals surface area (Å²) in [5.74, 6) is 0. The number of hydrogen-bond donors (Lipinski definition) is 0. The molecule has 0 amide bonds. The van der Waals surface area contributed by atoms with Crippen molar-refractivity contribution in [2.24, 2.45) is 12.0 Å². The number of alkyl halides is 6. The standard InChI is InChI=1S/C19H18N2.5C2H3N.2CHF3O3S.Pd/c1-15(20-13-16-7-6-12-21(2)14-16)18-11-5-9-17-8-3-4-10-19(17)18;5*1-2-3;2*2-1(3,4)8(5,6)7;/h3-13,15H,1-2H3;5*1H3;2*(H,5,6,7);/q;;;;;;;;+2/p-2/t15-;;;;;;;;/m1......../s1. The van der Waals surface area contributed by atoms with Gasteiger partial charge in [-0.15, -0.1) is 6.07 Å². The number of halogens is 6. The van der Waals surface area contributed by atoms with E-state index in [0.717, 1.165) is 5.56 Å². The van der Waals surface area contributed by atoms with Crippen molar-refractivity contribution in [3.8, 4) is 30.3 Å². The fourth-order valence-electron chi connectivity index (χ4n) is 2.51. The van der Waals surface area contributed by atoms with E-state index in [-0.39, 0.29) is 26.5 Å². The number of aryl methyl sites for hydroxylation is 1. The summed E-state index contributed by atoms with van der Waals surface area (Å²) in [6.07, 6.45) is 7.08. The van der Waals surface area contributed by atoms with E-state index in [1.807, 2.05) is 36.2 Å². The molecule has 0 bridgehead atoms. The molecule has 0 saturated carbocycles. The van der Waals surface area contributed by atoms with Crippen molar-refractivity contribution in [1.29, 1.82) is 26.3 Å². The Bertz CT molecular complexity index is 1810. The van der Waals surface area contributed by atoms with Crippen LogP contribution in [0.2, 0.25) is 0 Å². The van der Waals surface area contributed by atoms with Gasteiger partial charge in [0, 0.05) is 34.6 Å². The first-order chi connectivity index (χ1) is 23.8. The van der Waals surface area contributed by atoms with Crippen LogP contribution in [-0.2, 0) is 47.7 Å². The largest absolute Gasteiger partial charge is 2.00 e. The van der Waals surface area contributed by atoms with Crippen molar-refractivity contribution in [2.45, 2.75) is 58.6 Å². The molecule has 0 spiro atoms. The third-order valence-corrected chi connectivity index (χ3v) is 5.30. The van der Waals surface area contributed by atoms with Gasteiger partial charge in [0.2, 0.25) is 0 Å². The Balaban J connectivity index is -0.000000145. The second-order valence-electron chi connectivity index (χ2n) is 8.13. The minimum absolute atomic E-state index is 0. The molecule has 1 atom stereocenters. The Morgan fingerprint density at radius 2 is 1.06 bits per heavy atom. The fourth-order valence-corrected chi connectivity index (χ4v) is 2.51. The Labute approximate surface area is 318 Å². The second-order valence-corrected chi connectivity index (χ2v) is 10.9. The number of aromatic nitrogens is 1. The first-order valence-electron chi connectivity index (χ1n) is 13.3. The van der Waals surface area contributed by atoms with Crippen molar-refractivity contribution in [3.05, 3.63) is 78.1 Å². The van der Waals surface area contributed by atoms with Crippen LogP contribution in [-0.4, -0.2) is 43.2 Å². The van der Waals surface area contributed by atoms with Crippen molar-refractivity contribution in [2.75, 3.05) is 0 Å². The molecule has 1 aromatic heterocycles. The van der Waals surface area contributed by atoms with Crippen molar-refractivity contribution in [1.82, 2.24) is 0 Å². The van der Waals surface area contributed by atoms with Crippen LogP contribution in [0, 0.1) is 62.9 Å². The van der Waals surface area contributed by atoms with Gasteiger partial charge in [-0.2, -0.15) is 52.7 Å². The van der Waals surface area contributed by atoms with E-state index in [2.05, 4.69) is 60.6 Å². The van der Waals surface area contributed by atoms with Crippen LogP contribution in [0.4, 0.5) is 26.3 Å². The number of nitriles is 5. The predicted octanol–water partition coefficient (Wildman–Crippen LogP) is 6.39. The van der Waals surface area contributed by atoms with Gasteiger partial charge < -0.3 is 14.1 Å². The third-order valence-electron chi connectivity index (χ3n) is 4.17. The molecular formula is C31H33F6N7O6PdS2. The Hall–Kier alpha value is -4.97. The van der Waals surface area contributed by atoms with Crippen LogP contribution >= 0.6 is 0 Å². The topological polar surface area (TPSA) is 250 Å². The van der Waals surface area contributed by atoms with Crippen molar-refractivity contribution < 1.29 is 77.3 Å². The molecule has 0 radical (unpaired) electrons. The minimum Gasteiger partial charge on any atom is -0.741 e. The van der Waals surface area contributed by atoms with E-state index in [4.69, 9.17) is 52.3 Å². The quantitative estimate of drug-likeness (QED) is 0.0530. The van der Waals surface area contributed by atoms with Gasteiger partial charge >= 0.3 is 31.4 Å². The molecule has 53 heavy (non-hydrogen) atoms. The smallest absolute Gasteiger partial charge is 0.741 e. The first-order valence-corrected chi connectivity index (χ1v) is 16.1. The van der Waals surface area contributed by atoms with E-state index >= 15 is 0 Å². The first kappa shape index (κ1) is 60.1. The molecule has 0 aliphatic carbocycles. The van der Waals surface area contributed by atoms with E-state index in [0.29, 0.717) is 0 Å². The Morgan fingerprint density at radius 3 is 1.40 bits per heavy atom. The maximum absolute atomic E-state index is 10.7. The Kier molecular flexibility index (Phi) is 37.3. The normalized spacial score (nSPS) is 10.1. The summed E-state index contributed by atoms with van der Waals surface area (Å²) in [5.41, 5.74) is -9.04. The fraction of sp³-hybridized carbons (Fsp3) is 0.323.